The summed E-state index contributed by atoms with van der Waals surface area (Å²) in [6.45, 7) is 4.43. The summed E-state index contributed by atoms with van der Waals surface area (Å²) in [5, 5.41) is 3.04. The van der Waals surface area contributed by atoms with Gasteiger partial charge >= 0.3 is 0 Å². The van der Waals surface area contributed by atoms with E-state index in [2.05, 4.69) is 37.3 Å². The number of benzene rings is 1. The van der Waals surface area contributed by atoms with Crippen LogP contribution in [0.3, 0.4) is 0 Å². The molecular formula is C24H27N5O2. The van der Waals surface area contributed by atoms with Crippen molar-refractivity contribution in [3.8, 4) is 11.4 Å². The van der Waals surface area contributed by atoms with Crippen LogP contribution in [-0.2, 0) is 11.2 Å². The molecule has 31 heavy (non-hydrogen) atoms. The van der Waals surface area contributed by atoms with E-state index in [0.717, 1.165) is 25.1 Å². The molecule has 1 atom stereocenters. The van der Waals surface area contributed by atoms with Gasteiger partial charge in [-0.25, -0.2) is 4.98 Å². The van der Waals surface area contributed by atoms with Gasteiger partial charge in [0.25, 0.3) is 5.56 Å². The van der Waals surface area contributed by atoms with Crippen LogP contribution in [0.2, 0.25) is 0 Å². The molecule has 4 rings (SSSR count). The number of nitrogens with one attached hydrogen (secondary N) is 2. The van der Waals surface area contributed by atoms with Crippen molar-refractivity contribution in [2.75, 3.05) is 24.5 Å². The molecule has 160 valence electrons. The Bertz CT molecular complexity index is 1080. The van der Waals surface area contributed by atoms with Gasteiger partial charge < -0.3 is 15.2 Å². The number of pyridine rings is 1. The van der Waals surface area contributed by atoms with Crippen molar-refractivity contribution in [3.63, 3.8) is 0 Å². The van der Waals surface area contributed by atoms with E-state index < -0.39 is 0 Å². The standard InChI is InChI=1S/C24H27N5O2/c1-17-21(24(31)28-23(27-17)19-9-12-25-13-10-19)7-8-22(30)26-15-18-11-14-29(16-18)20-5-3-2-4-6-20/h2-6,9-10,12-13,18H,7-8,11,14-16H2,1H3,(H,26,30)(H,27,28,31)/t18-/m0/s1. The number of carbonyl (C=O) groups is 1. The highest BCUT2D eigenvalue weighted by Crippen LogP contribution is 2.23. The summed E-state index contributed by atoms with van der Waals surface area (Å²) >= 11 is 0. The van der Waals surface area contributed by atoms with Crippen molar-refractivity contribution in [1.82, 2.24) is 20.3 Å². The number of hydrogen-bond acceptors (Lipinski definition) is 5. The van der Waals surface area contributed by atoms with Gasteiger partial charge in [-0.15, -0.1) is 0 Å². The molecule has 1 fully saturated rings. The van der Waals surface area contributed by atoms with E-state index in [-0.39, 0.29) is 17.9 Å². The van der Waals surface area contributed by atoms with E-state index >= 15 is 0 Å². The zero-order valence-electron chi connectivity index (χ0n) is 17.7. The molecule has 1 aromatic carbocycles. The van der Waals surface area contributed by atoms with Crippen molar-refractivity contribution in [3.05, 3.63) is 76.5 Å². The van der Waals surface area contributed by atoms with Crippen LogP contribution < -0.4 is 15.8 Å². The highest BCUT2D eigenvalue weighted by Gasteiger charge is 2.23. The number of para-hydroxylation sites is 1. The zero-order chi connectivity index (χ0) is 21.6. The lowest BCUT2D eigenvalue weighted by molar-refractivity contribution is -0.121. The SMILES string of the molecule is Cc1nc(-c2ccncc2)[nH]c(=O)c1CCC(=O)NC[C@@H]1CCN(c2ccccc2)C1. The minimum absolute atomic E-state index is 0.0322. The maximum atomic E-state index is 12.5. The Morgan fingerprint density at radius 3 is 2.71 bits per heavy atom. The number of anilines is 1. The summed E-state index contributed by atoms with van der Waals surface area (Å²) < 4.78 is 0. The van der Waals surface area contributed by atoms with E-state index in [1.54, 1.807) is 24.5 Å². The lowest BCUT2D eigenvalue weighted by Gasteiger charge is -2.18. The Hall–Kier alpha value is -3.48. The first-order valence-corrected chi connectivity index (χ1v) is 10.7. The van der Waals surface area contributed by atoms with E-state index in [0.29, 0.717) is 36.0 Å². The Labute approximate surface area is 181 Å². The summed E-state index contributed by atoms with van der Waals surface area (Å²) in [5.74, 6) is 0.924. The third-order valence-corrected chi connectivity index (χ3v) is 5.77. The van der Waals surface area contributed by atoms with Gasteiger partial charge in [0.15, 0.2) is 0 Å². The molecule has 0 aliphatic carbocycles. The normalized spacial score (nSPS) is 15.8. The van der Waals surface area contributed by atoms with Crippen molar-refractivity contribution in [2.24, 2.45) is 5.92 Å². The average molecular weight is 418 g/mol. The number of aromatic nitrogens is 3. The van der Waals surface area contributed by atoms with Crippen molar-refractivity contribution >= 4 is 11.6 Å². The summed E-state index contributed by atoms with van der Waals surface area (Å²) in [5.41, 5.74) is 3.05. The maximum absolute atomic E-state index is 12.5. The van der Waals surface area contributed by atoms with Crippen LogP contribution in [0.5, 0.6) is 0 Å². The lowest BCUT2D eigenvalue weighted by Crippen LogP contribution is -2.31. The monoisotopic (exact) mass is 417 g/mol. The van der Waals surface area contributed by atoms with Gasteiger partial charge in [-0.3, -0.25) is 14.6 Å². The molecule has 1 aliphatic rings. The molecule has 0 radical (unpaired) electrons. The molecular weight excluding hydrogens is 390 g/mol. The Morgan fingerprint density at radius 1 is 1.19 bits per heavy atom. The van der Waals surface area contributed by atoms with E-state index in [4.69, 9.17) is 0 Å². The zero-order valence-corrected chi connectivity index (χ0v) is 17.7. The molecule has 3 aromatic rings. The highest BCUT2D eigenvalue weighted by atomic mass is 16.1. The fourth-order valence-corrected chi connectivity index (χ4v) is 4.01. The second-order valence-corrected chi connectivity index (χ2v) is 7.95. The van der Waals surface area contributed by atoms with Crippen LogP contribution in [0, 0.1) is 12.8 Å². The number of H-pyrrole nitrogens is 1. The van der Waals surface area contributed by atoms with E-state index in [1.807, 2.05) is 25.1 Å². The Morgan fingerprint density at radius 2 is 1.97 bits per heavy atom. The molecule has 2 aromatic heterocycles. The van der Waals surface area contributed by atoms with Crippen molar-refractivity contribution in [2.45, 2.75) is 26.2 Å². The molecule has 0 unspecified atom stereocenters. The molecule has 2 N–H and O–H groups in total. The van der Waals surface area contributed by atoms with Gasteiger partial charge in [-0.1, -0.05) is 18.2 Å². The summed E-state index contributed by atoms with van der Waals surface area (Å²) in [6.07, 6.45) is 5.03. The topological polar surface area (TPSA) is 91.0 Å². The summed E-state index contributed by atoms with van der Waals surface area (Å²) in [7, 11) is 0. The summed E-state index contributed by atoms with van der Waals surface area (Å²) in [4.78, 5) is 38.6. The minimum Gasteiger partial charge on any atom is -0.371 e. The van der Waals surface area contributed by atoms with Gasteiger partial charge in [0, 0.05) is 61.0 Å². The predicted molar refractivity (Wildman–Crippen MR) is 121 cm³/mol. The van der Waals surface area contributed by atoms with Crippen LogP contribution in [0.25, 0.3) is 11.4 Å². The van der Waals surface area contributed by atoms with Gasteiger partial charge in [0.05, 0.1) is 0 Å². The summed E-state index contributed by atoms with van der Waals surface area (Å²) in [6, 6.07) is 14.0. The second kappa shape index (κ2) is 9.55. The number of aryl methyl sites for hydroxylation is 1. The Balaban J connectivity index is 1.28. The van der Waals surface area contributed by atoms with Crippen molar-refractivity contribution < 1.29 is 4.79 Å². The Kier molecular flexibility index (Phi) is 6.40. The smallest absolute Gasteiger partial charge is 0.254 e. The first kappa shape index (κ1) is 20.8. The molecule has 1 saturated heterocycles. The number of rotatable bonds is 7. The van der Waals surface area contributed by atoms with Crippen LogP contribution in [0.15, 0.2) is 59.7 Å². The molecule has 7 nitrogen and oxygen atoms in total. The van der Waals surface area contributed by atoms with Crippen LogP contribution in [0.1, 0.15) is 24.1 Å². The van der Waals surface area contributed by atoms with Crippen LogP contribution in [0.4, 0.5) is 5.69 Å². The highest BCUT2D eigenvalue weighted by molar-refractivity contribution is 5.76. The quantitative estimate of drug-likeness (QED) is 0.617. The van der Waals surface area contributed by atoms with Crippen molar-refractivity contribution in [1.29, 1.82) is 0 Å². The number of hydrogen-bond donors (Lipinski definition) is 2. The molecule has 1 aliphatic heterocycles. The molecule has 0 bridgehead atoms. The largest absolute Gasteiger partial charge is 0.371 e. The van der Waals surface area contributed by atoms with Crippen LogP contribution >= 0.6 is 0 Å². The fraction of sp³-hybridized carbons (Fsp3) is 0.333. The van der Waals surface area contributed by atoms with E-state index in [1.165, 1.54) is 5.69 Å². The maximum Gasteiger partial charge on any atom is 0.254 e. The van der Waals surface area contributed by atoms with Gasteiger partial charge in [-0.05, 0) is 49.9 Å². The van der Waals surface area contributed by atoms with Crippen LogP contribution in [-0.4, -0.2) is 40.5 Å². The molecule has 7 heteroatoms. The minimum atomic E-state index is -0.193. The molecule has 1 amide bonds. The first-order chi connectivity index (χ1) is 15.1. The number of nitrogens with zero attached hydrogens (tertiary/aromatic N) is 3. The molecule has 0 saturated carbocycles. The van der Waals surface area contributed by atoms with Gasteiger partial charge in [0.1, 0.15) is 5.82 Å². The molecule has 0 spiro atoms. The number of amides is 1. The number of aromatic amines is 1. The number of carbonyl (C=O) groups excluding carboxylic acids is 1. The average Bonchev–Trinajstić information content (AvgIpc) is 3.27. The predicted octanol–water partition coefficient (Wildman–Crippen LogP) is 2.72. The van der Waals surface area contributed by atoms with E-state index in [9.17, 15) is 9.59 Å². The molecule has 3 heterocycles. The first-order valence-electron chi connectivity index (χ1n) is 10.7. The third-order valence-electron chi connectivity index (χ3n) is 5.77. The van der Waals surface area contributed by atoms with Gasteiger partial charge in [0.2, 0.25) is 5.91 Å². The fourth-order valence-electron chi connectivity index (χ4n) is 4.01. The van der Waals surface area contributed by atoms with Gasteiger partial charge in [-0.2, -0.15) is 0 Å². The third kappa shape index (κ3) is 5.17. The second-order valence-electron chi connectivity index (χ2n) is 7.95. The lowest BCUT2D eigenvalue weighted by atomic mass is 10.1.